The van der Waals surface area contributed by atoms with Gasteiger partial charge in [0.05, 0.1) is 6.42 Å². The molecule has 3 N–H and O–H groups in total. The normalized spacial score (nSPS) is 14.0. The van der Waals surface area contributed by atoms with Gasteiger partial charge >= 0.3 is 0 Å². The Hall–Kier alpha value is -2.17. The number of fused-ring (bicyclic) bond motifs is 1. The molecule has 1 amide bonds. The van der Waals surface area contributed by atoms with E-state index in [0.717, 1.165) is 25.2 Å². The van der Waals surface area contributed by atoms with Gasteiger partial charge in [-0.15, -0.1) is 0 Å². The van der Waals surface area contributed by atoms with E-state index >= 15 is 0 Å². The standard InChI is InChI=1S/C17H19N3O/c18-19-17(21)9-13-5-1-2-6-14(13)10-20-11-15-7-3-4-8-16(15)12-20/h1-8H,9-12,18H2,(H,19,21). The Morgan fingerprint density at radius 2 is 1.57 bits per heavy atom. The Morgan fingerprint density at radius 3 is 2.19 bits per heavy atom. The third-order valence-corrected chi connectivity index (χ3v) is 3.93. The lowest BCUT2D eigenvalue weighted by Gasteiger charge is -2.17. The maximum Gasteiger partial charge on any atom is 0.238 e. The number of carbonyl (C=O) groups is 1. The molecule has 21 heavy (non-hydrogen) atoms. The monoisotopic (exact) mass is 281 g/mol. The van der Waals surface area contributed by atoms with Gasteiger partial charge < -0.3 is 0 Å². The van der Waals surface area contributed by atoms with Crippen LogP contribution in [0.1, 0.15) is 22.3 Å². The van der Waals surface area contributed by atoms with Crippen LogP contribution in [-0.4, -0.2) is 10.8 Å². The number of rotatable bonds is 4. The van der Waals surface area contributed by atoms with Crippen molar-refractivity contribution < 1.29 is 4.79 Å². The quantitative estimate of drug-likeness (QED) is 0.510. The highest BCUT2D eigenvalue weighted by atomic mass is 16.2. The summed E-state index contributed by atoms with van der Waals surface area (Å²) in [5.41, 5.74) is 7.22. The van der Waals surface area contributed by atoms with Crippen LogP contribution >= 0.6 is 0 Å². The van der Waals surface area contributed by atoms with E-state index < -0.39 is 0 Å². The van der Waals surface area contributed by atoms with Crippen LogP contribution in [-0.2, 0) is 30.8 Å². The van der Waals surface area contributed by atoms with Crippen molar-refractivity contribution >= 4 is 5.91 Å². The molecule has 0 radical (unpaired) electrons. The number of amides is 1. The van der Waals surface area contributed by atoms with Crippen molar-refractivity contribution in [3.63, 3.8) is 0 Å². The molecule has 2 aromatic carbocycles. The van der Waals surface area contributed by atoms with Gasteiger partial charge in [-0.2, -0.15) is 0 Å². The first-order valence-corrected chi connectivity index (χ1v) is 7.11. The lowest BCUT2D eigenvalue weighted by molar-refractivity contribution is -0.120. The van der Waals surface area contributed by atoms with E-state index in [4.69, 9.17) is 5.84 Å². The van der Waals surface area contributed by atoms with Crippen LogP contribution in [0.2, 0.25) is 0 Å². The highest BCUT2D eigenvalue weighted by Crippen LogP contribution is 2.24. The predicted molar refractivity (Wildman–Crippen MR) is 81.9 cm³/mol. The molecular weight excluding hydrogens is 262 g/mol. The molecule has 1 aliphatic rings. The average molecular weight is 281 g/mol. The molecule has 0 aliphatic carbocycles. The summed E-state index contributed by atoms with van der Waals surface area (Å²) in [4.78, 5) is 13.9. The molecule has 108 valence electrons. The zero-order valence-corrected chi connectivity index (χ0v) is 11.9. The van der Waals surface area contributed by atoms with Gasteiger partial charge in [-0.3, -0.25) is 15.1 Å². The molecule has 0 spiro atoms. The van der Waals surface area contributed by atoms with E-state index in [0.29, 0.717) is 6.42 Å². The fourth-order valence-corrected chi connectivity index (χ4v) is 2.86. The molecular formula is C17H19N3O. The molecule has 0 saturated heterocycles. The number of hydrogen-bond acceptors (Lipinski definition) is 3. The van der Waals surface area contributed by atoms with Crippen molar-refractivity contribution in [2.45, 2.75) is 26.1 Å². The second-order valence-electron chi connectivity index (χ2n) is 5.43. The lowest BCUT2D eigenvalue weighted by atomic mass is 10.0. The van der Waals surface area contributed by atoms with Gasteiger partial charge in [-0.25, -0.2) is 5.84 Å². The smallest absolute Gasteiger partial charge is 0.238 e. The van der Waals surface area contributed by atoms with Gasteiger partial charge in [-0.1, -0.05) is 48.5 Å². The molecule has 0 bridgehead atoms. The highest BCUT2D eigenvalue weighted by Gasteiger charge is 2.19. The largest absolute Gasteiger partial charge is 0.294 e. The molecule has 0 unspecified atom stereocenters. The maximum absolute atomic E-state index is 11.5. The fourth-order valence-electron chi connectivity index (χ4n) is 2.86. The summed E-state index contributed by atoms with van der Waals surface area (Å²) in [6.07, 6.45) is 0.327. The van der Waals surface area contributed by atoms with Crippen molar-refractivity contribution in [1.29, 1.82) is 0 Å². The van der Waals surface area contributed by atoms with Gasteiger partial charge in [0.1, 0.15) is 0 Å². The van der Waals surface area contributed by atoms with E-state index in [1.54, 1.807) is 0 Å². The van der Waals surface area contributed by atoms with Crippen LogP contribution in [0, 0.1) is 0 Å². The SMILES string of the molecule is NNC(=O)Cc1ccccc1CN1Cc2ccccc2C1. The van der Waals surface area contributed by atoms with Crippen LogP contribution in [0.4, 0.5) is 0 Å². The van der Waals surface area contributed by atoms with E-state index in [1.165, 1.54) is 16.7 Å². The summed E-state index contributed by atoms with van der Waals surface area (Å²) >= 11 is 0. The summed E-state index contributed by atoms with van der Waals surface area (Å²) < 4.78 is 0. The van der Waals surface area contributed by atoms with Crippen molar-refractivity contribution in [1.82, 2.24) is 10.3 Å². The Bertz CT molecular complexity index is 629. The minimum absolute atomic E-state index is 0.160. The van der Waals surface area contributed by atoms with Crippen molar-refractivity contribution in [3.05, 3.63) is 70.8 Å². The summed E-state index contributed by atoms with van der Waals surface area (Å²) in [6, 6.07) is 16.6. The first-order valence-electron chi connectivity index (χ1n) is 7.11. The number of nitrogens with one attached hydrogen (secondary N) is 1. The zero-order chi connectivity index (χ0) is 14.7. The third-order valence-electron chi connectivity index (χ3n) is 3.93. The zero-order valence-electron chi connectivity index (χ0n) is 11.9. The second-order valence-corrected chi connectivity index (χ2v) is 5.43. The van der Waals surface area contributed by atoms with Crippen LogP contribution in [0.25, 0.3) is 0 Å². The molecule has 3 rings (SSSR count). The van der Waals surface area contributed by atoms with E-state index in [-0.39, 0.29) is 5.91 Å². The summed E-state index contributed by atoms with van der Waals surface area (Å²) in [5, 5.41) is 0. The van der Waals surface area contributed by atoms with E-state index in [2.05, 4.69) is 40.7 Å². The molecule has 1 heterocycles. The third kappa shape index (κ3) is 3.12. The second kappa shape index (κ2) is 6.08. The number of benzene rings is 2. The van der Waals surface area contributed by atoms with Crippen LogP contribution < -0.4 is 11.3 Å². The maximum atomic E-state index is 11.5. The molecule has 4 heteroatoms. The first kappa shape index (κ1) is 13.8. The number of nitrogens with zero attached hydrogens (tertiary/aromatic N) is 1. The summed E-state index contributed by atoms with van der Waals surface area (Å²) in [6.45, 7) is 2.78. The van der Waals surface area contributed by atoms with Crippen LogP contribution in [0.3, 0.4) is 0 Å². The molecule has 0 atom stereocenters. The topological polar surface area (TPSA) is 58.4 Å². The van der Waals surface area contributed by atoms with Crippen LogP contribution in [0.15, 0.2) is 48.5 Å². The van der Waals surface area contributed by atoms with Crippen molar-refractivity contribution in [2.24, 2.45) is 5.84 Å². The molecule has 0 saturated carbocycles. The Balaban J connectivity index is 1.73. The predicted octanol–water partition coefficient (Wildman–Crippen LogP) is 1.73. The Labute approximate surface area is 124 Å². The van der Waals surface area contributed by atoms with Gasteiger partial charge in [-0.05, 0) is 22.3 Å². The molecule has 2 aromatic rings. The highest BCUT2D eigenvalue weighted by molar-refractivity contribution is 5.78. The lowest BCUT2D eigenvalue weighted by Crippen LogP contribution is -2.31. The van der Waals surface area contributed by atoms with E-state index in [9.17, 15) is 4.79 Å². The number of hydrazine groups is 1. The fraction of sp³-hybridized carbons (Fsp3) is 0.235. The van der Waals surface area contributed by atoms with Gasteiger partial charge in [0, 0.05) is 19.6 Å². The van der Waals surface area contributed by atoms with Gasteiger partial charge in [0.25, 0.3) is 0 Å². The van der Waals surface area contributed by atoms with E-state index in [1.807, 2.05) is 18.2 Å². The summed E-state index contributed by atoms with van der Waals surface area (Å²) in [5.74, 6) is 5.02. The Kier molecular flexibility index (Phi) is 3.99. The minimum atomic E-state index is -0.160. The number of carbonyl (C=O) groups excluding carboxylic acids is 1. The van der Waals surface area contributed by atoms with Crippen LogP contribution in [0.5, 0.6) is 0 Å². The molecule has 4 nitrogen and oxygen atoms in total. The minimum Gasteiger partial charge on any atom is -0.294 e. The molecule has 1 aliphatic heterocycles. The Morgan fingerprint density at radius 1 is 1.00 bits per heavy atom. The first-order chi connectivity index (χ1) is 10.3. The van der Waals surface area contributed by atoms with Crippen molar-refractivity contribution in [3.8, 4) is 0 Å². The molecule has 0 fully saturated rings. The van der Waals surface area contributed by atoms with Gasteiger partial charge in [0.2, 0.25) is 5.91 Å². The van der Waals surface area contributed by atoms with Gasteiger partial charge in [0.15, 0.2) is 0 Å². The number of nitrogens with two attached hydrogens (primary N) is 1. The average Bonchev–Trinajstić information content (AvgIpc) is 2.91. The van der Waals surface area contributed by atoms with Crippen molar-refractivity contribution in [2.75, 3.05) is 0 Å². The summed E-state index contributed by atoms with van der Waals surface area (Å²) in [7, 11) is 0. The molecule has 0 aromatic heterocycles. The number of hydrogen-bond donors (Lipinski definition) is 2.